The molecule has 0 N–H and O–H groups in total. The number of ether oxygens (including phenoxy) is 1. The monoisotopic (exact) mass is 337 g/mol. The quantitative estimate of drug-likeness (QED) is 0.465. The van der Waals surface area contributed by atoms with Crippen LogP contribution in [0, 0.1) is 5.41 Å². The summed E-state index contributed by atoms with van der Waals surface area (Å²) >= 11 is 0. The molecule has 0 saturated carbocycles. The van der Waals surface area contributed by atoms with Crippen molar-refractivity contribution in [2.45, 2.75) is 32.6 Å². The predicted octanol–water partition coefficient (Wildman–Crippen LogP) is 4.60. The van der Waals surface area contributed by atoms with Gasteiger partial charge in [-0.1, -0.05) is 37.3 Å². The lowest BCUT2D eigenvalue weighted by atomic mass is 9.78. The third kappa shape index (κ3) is 3.73. The number of carbonyl (C=O) groups is 2. The number of hydrogen-bond donors (Lipinski definition) is 0. The van der Waals surface area contributed by atoms with E-state index in [-0.39, 0.29) is 11.3 Å². The molecule has 0 fully saturated rings. The molecule has 0 saturated heterocycles. The van der Waals surface area contributed by atoms with Gasteiger partial charge in [0.1, 0.15) is 0 Å². The molecule has 130 valence electrons. The smallest absolute Gasteiger partial charge is 0.330 e. The molecule has 4 nitrogen and oxygen atoms in total. The van der Waals surface area contributed by atoms with Crippen LogP contribution in [0.1, 0.15) is 43.0 Å². The first-order chi connectivity index (χ1) is 12.0. The summed E-state index contributed by atoms with van der Waals surface area (Å²) in [7, 11) is 1.35. The van der Waals surface area contributed by atoms with Gasteiger partial charge in [-0.3, -0.25) is 9.36 Å². The first-order valence-corrected chi connectivity index (χ1v) is 8.59. The highest BCUT2D eigenvalue weighted by Crippen LogP contribution is 2.35. The second-order valence-corrected chi connectivity index (χ2v) is 6.85. The summed E-state index contributed by atoms with van der Waals surface area (Å²) in [5, 5.41) is 0.945. The Morgan fingerprint density at radius 1 is 1.32 bits per heavy atom. The van der Waals surface area contributed by atoms with Crippen LogP contribution in [-0.4, -0.2) is 23.6 Å². The zero-order chi connectivity index (χ0) is 17.9. The normalized spacial score (nSPS) is 20.2. The highest BCUT2D eigenvalue weighted by atomic mass is 16.5. The minimum Gasteiger partial charge on any atom is -0.466 e. The van der Waals surface area contributed by atoms with Crippen LogP contribution in [0.3, 0.4) is 0 Å². The highest BCUT2D eigenvalue weighted by Gasteiger charge is 2.27. The molecule has 1 aliphatic carbocycles. The maximum Gasteiger partial charge on any atom is 0.330 e. The minimum absolute atomic E-state index is 0.0722. The van der Waals surface area contributed by atoms with Gasteiger partial charge < -0.3 is 4.74 Å². The molecule has 1 unspecified atom stereocenters. The zero-order valence-electron chi connectivity index (χ0n) is 14.7. The average Bonchev–Trinajstić information content (AvgIpc) is 2.99. The molecule has 1 aromatic heterocycles. The van der Waals surface area contributed by atoms with E-state index < -0.39 is 5.97 Å². The number of para-hydroxylation sites is 1. The van der Waals surface area contributed by atoms with Crippen molar-refractivity contribution in [3.63, 3.8) is 0 Å². The van der Waals surface area contributed by atoms with E-state index in [0.29, 0.717) is 6.42 Å². The molecule has 25 heavy (non-hydrogen) atoms. The summed E-state index contributed by atoms with van der Waals surface area (Å²) in [6.45, 7) is 2.14. The van der Waals surface area contributed by atoms with Gasteiger partial charge >= 0.3 is 5.97 Å². The van der Waals surface area contributed by atoms with Crippen molar-refractivity contribution < 1.29 is 14.3 Å². The fourth-order valence-electron chi connectivity index (χ4n) is 3.42. The van der Waals surface area contributed by atoms with Crippen molar-refractivity contribution in [2.24, 2.45) is 5.41 Å². The van der Waals surface area contributed by atoms with Gasteiger partial charge in [-0.2, -0.15) is 0 Å². The van der Waals surface area contributed by atoms with Crippen LogP contribution in [0.15, 0.2) is 48.7 Å². The molecule has 1 heterocycles. The summed E-state index contributed by atoms with van der Waals surface area (Å²) in [6, 6.07) is 7.74. The summed E-state index contributed by atoms with van der Waals surface area (Å²) in [4.78, 5) is 24.3. The molecule has 0 bridgehead atoms. The van der Waals surface area contributed by atoms with Crippen molar-refractivity contribution in [3.05, 3.63) is 54.3 Å². The fourth-order valence-corrected chi connectivity index (χ4v) is 3.42. The number of aromatic nitrogens is 1. The standard InChI is InChI=1S/C21H23NO3/c1-21(12-6-3-7-13-21)14-19(23)22-15-16(10-11-20(24)25-2)17-8-4-5-9-18(17)22/h4-6,8-12,15H,3,7,13-14H2,1-2H3. The lowest BCUT2D eigenvalue weighted by Gasteiger charge is -2.28. The van der Waals surface area contributed by atoms with Crippen LogP contribution in [0.2, 0.25) is 0 Å². The molecule has 1 atom stereocenters. The minimum atomic E-state index is -0.414. The van der Waals surface area contributed by atoms with Crippen LogP contribution in [0.4, 0.5) is 0 Å². The number of benzene rings is 1. The van der Waals surface area contributed by atoms with E-state index in [0.717, 1.165) is 35.7 Å². The number of fused-ring (bicyclic) bond motifs is 1. The first kappa shape index (κ1) is 17.2. The van der Waals surface area contributed by atoms with Gasteiger partial charge in [-0.05, 0) is 36.8 Å². The number of hydrogen-bond acceptors (Lipinski definition) is 3. The van der Waals surface area contributed by atoms with Crippen LogP contribution in [0.25, 0.3) is 17.0 Å². The van der Waals surface area contributed by atoms with Gasteiger partial charge in [0.15, 0.2) is 0 Å². The van der Waals surface area contributed by atoms with Gasteiger partial charge in [0.2, 0.25) is 5.91 Å². The number of esters is 1. The van der Waals surface area contributed by atoms with Gasteiger partial charge in [0.05, 0.1) is 12.6 Å². The predicted molar refractivity (Wildman–Crippen MR) is 99.3 cm³/mol. The van der Waals surface area contributed by atoms with Crippen molar-refractivity contribution in [2.75, 3.05) is 7.11 Å². The van der Waals surface area contributed by atoms with E-state index in [1.165, 1.54) is 13.2 Å². The summed E-state index contributed by atoms with van der Waals surface area (Å²) in [5.74, 6) is -0.342. The summed E-state index contributed by atoms with van der Waals surface area (Å²) in [6.07, 6.45) is 13.0. The summed E-state index contributed by atoms with van der Waals surface area (Å²) in [5.41, 5.74) is 1.61. The number of methoxy groups -OCH3 is 1. The maximum atomic E-state index is 13.0. The fraction of sp³-hybridized carbons (Fsp3) is 0.333. The van der Waals surface area contributed by atoms with Crippen LogP contribution in [0.5, 0.6) is 0 Å². The molecule has 0 radical (unpaired) electrons. The van der Waals surface area contributed by atoms with E-state index in [4.69, 9.17) is 0 Å². The zero-order valence-corrected chi connectivity index (χ0v) is 14.7. The van der Waals surface area contributed by atoms with Crippen LogP contribution in [-0.2, 0) is 9.53 Å². The van der Waals surface area contributed by atoms with Crippen LogP contribution < -0.4 is 0 Å². The number of rotatable bonds is 4. The maximum absolute atomic E-state index is 13.0. The van der Waals surface area contributed by atoms with E-state index in [2.05, 4.69) is 23.8 Å². The van der Waals surface area contributed by atoms with Crippen molar-refractivity contribution in [3.8, 4) is 0 Å². The van der Waals surface area contributed by atoms with Gasteiger partial charge in [-0.15, -0.1) is 0 Å². The van der Waals surface area contributed by atoms with Gasteiger partial charge in [-0.25, -0.2) is 4.79 Å². The third-order valence-electron chi connectivity index (χ3n) is 4.81. The van der Waals surface area contributed by atoms with E-state index in [1.54, 1.807) is 10.6 Å². The lowest BCUT2D eigenvalue weighted by molar-refractivity contribution is -0.134. The van der Waals surface area contributed by atoms with Crippen molar-refractivity contribution in [1.29, 1.82) is 0 Å². The van der Waals surface area contributed by atoms with Gasteiger partial charge in [0.25, 0.3) is 0 Å². The molecule has 0 aliphatic heterocycles. The summed E-state index contributed by atoms with van der Waals surface area (Å²) < 4.78 is 6.35. The first-order valence-electron chi connectivity index (χ1n) is 8.59. The highest BCUT2D eigenvalue weighted by molar-refractivity contribution is 5.99. The average molecular weight is 337 g/mol. The Morgan fingerprint density at radius 2 is 2.12 bits per heavy atom. The Kier molecular flexibility index (Phi) is 4.88. The number of allylic oxidation sites excluding steroid dienone is 2. The van der Waals surface area contributed by atoms with Gasteiger partial charge in [0, 0.05) is 29.6 Å². The Morgan fingerprint density at radius 3 is 2.84 bits per heavy atom. The lowest BCUT2D eigenvalue weighted by Crippen LogP contribution is -2.23. The van der Waals surface area contributed by atoms with E-state index in [9.17, 15) is 9.59 Å². The van der Waals surface area contributed by atoms with E-state index in [1.807, 2.05) is 30.5 Å². The largest absolute Gasteiger partial charge is 0.466 e. The molecular formula is C21H23NO3. The Hall–Kier alpha value is -2.62. The van der Waals surface area contributed by atoms with Crippen molar-refractivity contribution in [1.82, 2.24) is 4.57 Å². The Labute approximate surface area is 147 Å². The second kappa shape index (κ2) is 7.09. The number of nitrogens with zero attached hydrogens (tertiary/aromatic N) is 1. The second-order valence-electron chi connectivity index (χ2n) is 6.85. The molecule has 1 aliphatic rings. The molecule has 3 rings (SSSR count). The molecule has 1 aromatic carbocycles. The molecule has 4 heteroatoms. The molecular weight excluding hydrogens is 314 g/mol. The Balaban J connectivity index is 1.94. The van der Waals surface area contributed by atoms with Crippen molar-refractivity contribution >= 4 is 28.9 Å². The van der Waals surface area contributed by atoms with E-state index >= 15 is 0 Å². The Bertz CT molecular complexity index is 859. The third-order valence-corrected chi connectivity index (χ3v) is 4.81. The topological polar surface area (TPSA) is 48.3 Å². The van der Waals surface area contributed by atoms with Crippen LogP contribution >= 0.6 is 0 Å². The molecule has 2 aromatic rings. The number of carbonyl (C=O) groups excluding carboxylic acids is 2. The SMILES string of the molecule is COC(=O)C=Cc1cn(C(=O)CC2(C)C=CCCC2)c2ccccc12. The molecule has 0 spiro atoms. The molecule has 0 amide bonds.